The third-order valence-corrected chi connectivity index (χ3v) is 4.15. The topological polar surface area (TPSA) is 56.1 Å². The zero-order valence-corrected chi connectivity index (χ0v) is 16.0. The lowest BCUT2D eigenvalue weighted by atomic mass is 10.1. The number of aryl methyl sites for hydroxylation is 1. The quantitative estimate of drug-likeness (QED) is 0.689. The summed E-state index contributed by atoms with van der Waals surface area (Å²) < 4.78 is 7.41. The smallest absolute Gasteiger partial charge is 0.272 e. The Hall–Kier alpha value is -2.92. The van der Waals surface area contributed by atoms with E-state index in [0.29, 0.717) is 18.8 Å². The van der Waals surface area contributed by atoms with E-state index in [-0.39, 0.29) is 12.0 Å². The van der Waals surface area contributed by atoms with Gasteiger partial charge in [-0.05, 0) is 50.1 Å². The second-order valence-corrected chi connectivity index (χ2v) is 6.78. The van der Waals surface area contributed by atoms with Crippen LogP contribution in [0.4, 0.5) is 0 Å². The molecule has 1 heterocycles. The van der Waals surface area contributed by atoms with Gasteiger partial charge in [0.15, 0.2) is 5.69 Å². The molecule has 0 bridgehead atoms. The van der Waals surface area contributed by atoms with Gasteiger partial charge in [0.1, 0.15) is 0 Å². The molecule has 1 N–H and O–H groups in total. The molecular weight excluding hydrogens is 338 g/mol. The van der Waals surface area contributed by atoms with Crippen molar-refractivity contribution >= 4 is 5.91 Å². The van der Waals surface area contributed by atoms with Gasteiger partial charge in [-0.2, -0.15) is 5.10 Å². The number of nitrogens with one attached hydrogen (secondary N) is 1. The fourth-order valence-electron chi connectivity index (χ4n) is 2.78. The van der Waals surface area contributed by atoms with E-state index in [9.17, 15) is 4.79 Å². The van der Waals surface area contributed by atoms with Gasteiger partial charge in [0.2, 0.25) is 0 Å². The van der Waals surface area contributed by atoms with E-state index in [2.05, 4.69) is 16.5 Å². The number of para-hydroxylation sites is 1. The van der Waals surface area contributed by atoms with Gasteiger partial charge in [-0.25, -0.2) is 4.68 Å². The van der Waals surface area contributed by atoms with Crippen LogP contribution < -0.4 is 5.32 Å². The molecule has 2 aromatic carbocycles. The molecule has 0 unspecified atom stereocenters. The maximum absolute atomic E-state index is 12.5. The monoisotopic (exact) mass is 363 g/mol. The van der Waals surface area contributed by atoms with Crippen molar-refractivity contribution < 1.29 is 9.53 Å². The van der Waals surface area contributed by atoms with Crippen LogP contribution in [-0.2, 0) is 17.9 Å². The van der Waals surface area contributed by atoms with Crippen molar-refractivity contribution in [3.05, 3.63) is 83.2 Å². The van der Waals surface area contributed by atoms with Crippen molar-refractivity contribution in [3.63, 3.8) is 0 Å². The molecule has 0 saturated heterocycles. The second-order valence-electron chi connectivity index (χ2n) is 6.78. The van der Waals surface area contributed by atoms with E-state index >= 15 is 0 Å². The molecule has 0 saturated carbocycles. The van der Waals surface area contributed by atoms with Crippen LogP contribution in [-0.4, -0.2) is 21.8 Å². The number of rotatable bonds is 7. The Morgan fingerprint density at radius 2 is 1.81 bits per heavy atom. The van der Waals surface area contributed by atoms with Gasteiger partial charge in [-0.3, -0.25) is 4.79 Å². The summed E-state index contributed by atoms with van der Waals surface area (Å²) in [7, 11) is 0. The number of nitrogens with zero attached hydrogens (tertiary/aromatic N) is 2. The normalized spacial score (nSPS) is 11.0. The molecule has 5 nitrogen and oxygen atoms in total. The fraction of sp³-hybridized carbons (Fsp3) is 0.273. The largest absolute Gasteiger partial charge is 0.374 e. The molecule has 0 spiro atoms. The standard InChI is InChI=1S/C22H25N3O2/c1-16(2)27-15-19-9-7-8-18(13-19)14-23-22(26)21-12-17(3)25(24-21)20-10-5-4-6-11-20/h4-13,16H,14-15H2,1-3H3,(H,23,26). The summed E-state index contributed by atoms with van der Waals surface area (Å²) in [5, 5.41) is 7.39. The van der Waals surface area contributed by atoms with Crippen LogP contribution >= 0.6 is 0 Å². The molecule has 0 fully saturated rings. The summed E-state index contributed by atoms with van der Waals surface area (Å²) in [6.07, 6.45) is 0.191. The number of aromatic nitrogens is 2. The van der Waals surface area contributed by atoms with E-state index in [1.54, 1.807) is 10.7 Å². The Labute approximate surface area is 160 Å². The summed E-state index contributed by atoms with van der Waals surface area (Å²) in [6, 6.07) is 19.6. The lowest BCUT2D eigenvalue weighted by molar-refractivity contribution is 0.0657. The highest BCUT2D eigenvalue weighted by atomic mass is 16.5. The number of hydrogen-bond donors (Lipinski definition) is 1. The van der Waals surface area contributed by atoms with Crippen molar-refractivity contribution in [2.24, 2.45) is 0 Å². The van der Waals surface area contributed by atoms with Gasteiger partial charge < -0.3 is 10.1 Å². The van der Waals surface area contributed by atoms with Crippen molar-refractivity contribution in [3.8, 4) is 5.69 Å². The second kappa shape index (κ2) is 8.64. The maximum atomic E-state index is 12.5. The average Bonchev–Trinajstić information content (AvgIpc) is 3.07. The Balaban J connectivity index is 1.64. The van der Waals surface area contributed by atoms with Gasteiger partial charge in [-0.1, -0.05) is 42.5 Å². The third kappa shape index (κ3) is 5.05. The SMILES string of the molecule is Cc1cc(C(=O)NCc2cccc(COC(C)C)c2)nn1-c1ccccc1. The molecule has 0 aliphatic heterocycles. The number of benzene rings is 2. The van der Waals surface area contributed by atoms with Gasteiger partial charge in [0.05, 0.1) is 18.4 Å². The Bertz CT molecular complexity index is 901. The Morgan fingerprint density at radius 3 is 2.56 bits per heavy atom. The molecule has 3 rings (SSSR count). The Morgan fingerprint density at radius 1 is 1.07 bits per heavy atom. The zero-order chi connectivity index (χ0) is 19.2. The van der Waals surface area contributed by atoms with Crippen molar-refractivity contribution in [2.45, 2.75) is 40.0 Å². The minimum Gasteiger partial charge on any atom is -0.374 e. The van der Waals surface area contributed by atoms with Crippen LogP contribution in [0.15, 0.2) is 60.7 Å². The summed E-state index contributed by atoms with van der Waals surface area (Å²) in [6.45, 7) is 6.99. The van der Waals surface area contributed by atoms with Crippen LogP contribution in [0, 0.1) is 6.92 Å². The predicted octanol–water partition coefficient (Wildman–Crippen LogP) is 4.04. The van der Waals surface area contributed by atoms with Crippen LogP contribution in [0.2, 0.25) is 0 Å². The lowest BCUT2D eigenvalue weighted by Gasteiger charge is -2.09. The van der Waals surface area contributed by atoms with E-state index < -0.39 is 0 Å². The predicted molar refractivity (Wildman–Crippen MR) is 106 cm³/mol. The fourth-order valence-corrected chi connectivity index (χ4v) is 2.78. The number of amides is 1. The first-order valence-corrected chi connectivity index (χ1v) is 9.12. The van der Waals surface area contributed by atoms with E-state index in [4.69, 9.17) is 4.74 Å². The number of carbonyl (C=O) groups excluding carboxylic acids is 1. The number of ether oxygens (including phenoxy) is 1. The summed E-state index contributed by atoms with van der Waals surface area (Å²) in [4.78, 5) is 12.5. The van der Waals surface area contributed by atoms with Crippen molar-refractivity contribution in [1.82, 2.24) is 15.1 Å². The maximum Gasteiger partial charge on any atom is 0.272 e. The van der Waals surface area contributed by atoms with Gasteiger partial charge in [0, 0.05) is 12.2 Å². The van der Waals surface area contributed by atoms with Gasteiger partial charge >= 0.3 is 0 Å². The molecule has 1 aromatic heterocycles. The highest BCUT2D eigenvalue weighted by molar-refractivity contribution is 5.92. The molecule has 0 aliphatic rings. The summed E-state index contributed by atoms with van der Waals surface area (Å²) >= 11 is 0. The average molecular weight is 363 g/mol. The molecule has 5 heteroatoms. The van der Waals surface area contributed by atoms with Crippen molar-refractivity contribution in [1.29, 1.82) is 0 Å². The van der Waals surface area contributed by atoms with Crippen LogP contribution in [0.3, 0.4) is 0 Å². The van der Waals surface area contributed by atoms with E-state index in [0.717, 1.165) is 22.5 Å². The highest BCUT2D eigenvalue weighted by Gasteiger charge is 2.13. The van der Waals surface area contributed by atoms with Gasteiger partial charge in [-0.15, -0.1) is 0 Å². The minimum absolute atomic E-state index is 0.184. The van der Waals surface area contributed by atoms with Crippen molar-refractivity contribution in [2.75, 3.05) is 0 Å². The zero-order valence-electron chi connectivity index (χ0n) is 16.0. The van der Waals surface area contributed by atoms with Crippen LogP contribution in [0.25, 0.3) is 5.69 Å². The molecule has 1 amide bonds. The number of carbonyl (C=O) groups is 1. The highest BCUT2D eigenvalue weighted by Crippen LogP contribution is 2.12. The first-order chi connectivity index (χ1) is 13.0. The number of hydrogen-bond acceptors (Lipinski definition) is 3. The Kier molecular flexibility index (Phi) is 6.04. The van der Waals surface area contributed by atoms with Crippen LogP contribution in [0.5, 0.6) is 0 Å². The first kappa shape index (κ1) is 18.9. The summed E-state index contributed by atoms with van der Waals surface area (Å²) in [5.74, 6) is -0.184. The minimum atomic E-state index is -0.184. The molecule has 27 heavy (non-hydrogen) atoms. The van der Waals surface area contributed by atoms with Gasteiger partial charge in [0.25, 0.3) is 5.91 Å². The van der Waals surface area contributed by atoms with E-state index in [1.165, 1.54) is 0 Å². The molecule has 0 aliphatic carbocycles. The molecule has 3 aromatic rings. The first-order valence-electron chi connectivity index (χ1n) is 9.12. The van der Waals surface area contributed by atoms with E-state index in [1.807, 2.05) is 69.3 Å². The molecule has 0 radical (unpaired) electrons. The lowest BCUT2D eigenvalue weighted by Crippen LogP contribution is -2.23. The molecule has 140 valence electrons. The third-order valence-electron chi connectivity index (χ3n) is 4.15. The summed E-state index contributed by atoms with van der Waals surface area (Å²) in [5.41, 5.74) is 4.40. The molecule has 0 atom stereocenters. The molecular formula is C22H25N3O2. The van der Waals surface area contributed by atoms with Crippen LogP contribution in [0.1, 0.15) is 41.2 Å².